The van der Waals surface area contributed by atoms with Gasteiger partial charge in [-0.25, -0.2) is 0 Å². The molecular formula is C18H36O2Si2. The lowest BCUT2D eigenvalue weighted by atomic mass is 10.1. The zero-order chi connectivity index (χ0) is 17.2. The lowest BCUT2D eigenvalue weighted by Gasteiger charge is -2.39. The third-order valence-electron chi connectivity index (χ3n) is 5.03. The van der Waals surface area contributed by atoms with Gasteiger partial charge in [-0.1, -0.05) is 51.7 Å². The van der Waals surface area contributed by atoms with Gasteiger partial charge >= 0.3 is 0 Å². The molecule has 0 saturated carbocycles. The lowest BCUT2D eigenvalue weighted by Crippen LogP contribution is -2.41. The van der Waals surface area contributed by atoms with Crippen LogP contribution in [0.3, 0.4) is 0 Å². The second kappa shape index (κ2) is 7.06. The fraction of sp³-hybridized carbons (Fsp3) is 0.778. The Morgan fingerprint density at radius 2 is 1.82 bits per heavy atom. The molecule has 1 rings (SSSR count). The average Bonchev–Trinajstić information content (AvgIpc) is 2.74. The van der Waals surface area contributed by atoms with E-state index < -0.39 is 16.4 Å². The molecule has 1 unspecified atom stereocenters. The quantitative estimate of drug-likeness (QED) is 0.573. The van der Waals surface area contributed by atoms with Crippen molar-refractivity contribution < 1.29 is 9.16 Å². The van der Waals surface area contributed by atoms with Crippen LogP contribution < -0.4 is 0 Å². The van der Waals surface area contributed by atoms with Crippen LogP contribution in [-0.4, -0.2) is 30.1 Å². The molecular weight excluding hydrogens is 304 g/mol. The van der Waals surface area contributed by atoms with Crippen molar-refractivity contribution in [3.05, 3.63) is 23.1 Å². The molecule has 0 fully saturated rings. The SMILES string of the molecule is COC/C=C(/C1CCC=C1O[Si](C)(C)C(C)(C)C)[Si](C)(C)C. The Kier molecular flexibility index (Phi) is 6.33. The summed E-state index contributed by atoms with van der Waals surface area (Å²) in [7, 11) is -1.36. The van der Waals surface area contributed by atoms with Crippen molar-refractivity contribution in [1.29, 1.82) is 0 Å². The van der Waals surface area contributed by atoms with Crippen LogP contribution in [0, 0.1) is 5.92 Å². The number of allylic oxidation sites excluding steroid dienone is 2. The average molecular weight is 341 g/mol. The van der Waals surface area contributed by atoms with E-state index in [4.69, 9.17) is 9.16 Å². The van der Waals surface area contributed by atoms with E-state index in [1.54, 1.807) is 12.3 Å². The van der Waals surface area contributed by atoms with E-state index in [0.717, 1.165) is 6.42 Å². The summed E-state index contributed by atoms with van der Waals surface area (Å²) in [4.78, 5) is 0. The van der Waals surface area contributed by atoms with Gasteiger partial charge in [0.25, 0.3) is 0 Å². The third kappa shape index (κ3) is 4.83. The van der Waals surface area contributed by atoms with Crippen LogP contribution in [0.1, 0.15) is 33.6 Å². The number of rotatable bonds is 6. The molecule has 0 aromatic rings. The molecule has 22 heavy (non-hydrogen) atoms. The number of methoxy groups -OCH3 is 1. The van der Waals surface area contributed by atoms with Crippen molar-refractivity contribution in [3.8, 4) is 0 Å². The van der Waals surface area contributed by atoms with Gasteiger partial charge in [0, 0.05) is 13.0 Å². The molecule has 0 bridgehead atoms. The fourth-order valence-electron chi connectivity index (χ4n) is 2.69. The van der Waals surface area contributed by atoms with Crippen molar-refractivity contribution in [3.63, 3.8) is 0 Å². The Morgan fingerprint density at radius 1 is 1.23 bits per heavy atom. The first kappa shape index (κ1) is 19.7. The number of hydrogen-bond donors (Lipinski definition) is 0. The van der Waals surface area contributed by atoms with Crippen molar-refractivity contribution in [2.45, 2.75) is 71.4 Å². The van der Waals surface area contributed by atoms with Crippen LogP contribution in [0.5, 0.6) is 0 Å². The van der Waals surface area contributed by atoms with E-state index in [9.17, 15) is 0 Å². The van der Waals surface area contributed by atoms with E-state index in [0.29, 0.717) is 12.5 Å². The topological polar surface area (TPSA) is 18.5 Å². The maximum atomic E-state index is 6.67. The fourth-order valence-corrected chi connectivity index (χ4v) is 5.84. The van der Waals surface area contributed by atoms with Crippen LogP contribution in [0.4, 0.5) is 0 Å². The minimum absolute atomic E-state index is 0.247. The molecule has 0 saturated heterocycles. The zero-order valence-corrected chi connectivity index (χ0v) is 18.2. The van der Waals surface area contributed by atoms with Gasteiger partial charge in [0.05, 0.1) is 20.4 Å². The van der Waals surface area contributed by atoms with Gasteiger partial charge < -0.3 is 9.16 Å². The minimum Gasteiger partial charge on any atom is -0.546 e. The van der Waals surface area contributed by atoms with Crippen molar-refractivity contribution in [1.82, 2.24) is 0 Å². The molecule has 0 aromatic heterocycles. The molecule has 2 nitrogen and oxygen atoms in total. The molecule has 1 atom stereocenters. The first-order valence-corrected chi connectivity index (χ1v) is 14.9. The zero-order valence-electron chi connectivity index (χ0n) is 16.2. The van der Waals surface area contributed by atoms with Gasteiger partial charge in [-0.3, -0.25) is 0 Å². The number of ether oxygens (including phenoxy) is 1. The Labute approximate surface area is 140 Å². The summed E-state index contributed by atoms with van der Waals surface area (Å²) in [6, 6.07) is 0. The Bertz CT molecular complexity index is 437. The van der Waals surface area contributed by atoms with Crippen molar-refractivity contribution in [2.75, 3.05) is 13.7 Å². The largest absolute Gasteiger partial charge is 0.546 e. The van der Waals surface area contributed by atoms with Gasteiger partial charge in [0.15, 0.2) is 0 Å². The summed E-state index contributed by atoms with van der Waals surface area (Å²) in [5.74, 6) is 1.73. The second-order valence-electron chi connectivity index (χ2n) is 8.96. The molecule has 0 spiro atoms. The maximum absolute atomic E-state index is 6.67. The van der Waals surface area contributed by atoms with Crippen LogP contribution in [-0.2, 0) is 9.16 Å². The summed E-state index contributed by atoms with van der Waals surface area (Å²) >= 11 is 0. The molecule has 0 aliphatic heterocycles. The van der Waals surface area contributed by atoms with Gasteiger partial charge in [-0.05, 0) is 37.0 Å². The van der Waals surface area contributed by atoms with E-state index in [2.05, 4.69) is 65.7 Å². The molecule has 0 heterocycles. The highest BCUT2D eigenvalue weighted by Gasteiger charge is 2.42. The van der Waals surface area contributed by atoms with Crippen molar-refractivity contribution >= 4 is 16.4 Å². The molecule has 4 heteroatoms. The molecule has 1 aliphatic rings. The molecule has 0 amide bonds. The van der Waals surface area contributed by atoms with Crippen molar-refractivity contribution in [2.24, 2.45) is 5.92 Å². The van der Waals surface area contributed by atoms with Gasteiger partial charge in [-0.2, -0.15) is 0 Å². The van der Waals surface area contributed by atoms with Gasteiger partial charge in [0.2, 0.25) is 8.32 Å². The molecule has 128 valence electrons. The van der Waals surface area contributed by atoms with E-state index in [1.165, 1.54) is 12.2 Å². The van der Waals surface area contributed by atoms with Crippen LogP contribution in [0.25, 0.3) is 0 Å². The Hall–Kier alpha value is -0.326. The summed E-state index contributed by atoms with van der Waals surface area (Å²) in [6.45, 7) is 19.6. The Morgan fingerprint density at radius 3 is 2.27 bits per heavy atom. The standard InChI is InChI=1S/C18H36O2Si2/c1-18(2,3)22(8,9)20-16-12-10-11-15(16)17(13-14-19-4)21(5,6)7/h12-13,15H,10-11,14H2,1-9H3/b17-13-. The minimum atomic E-state index is -1.76. The second-order valence-corrected chi connectivity index (χ2v) is 18.8. The lowest BCUT2D eigenvalue weighted by molar-refractivity contribution is 0.232. The van der Waals surface area contributed by atoms with Crippen LogP contribution >= 0.6 is 0 Å². The van der Waals surface area contributed by atoms with Gasteiger partial charge in [-0.15, -0.1) is 0 Å². The first-order chi connectivity index (χ1) is 9.90. The third-order valence-corrected chi connectivity index (χ3v) is 11.7. The normalized spacial score (nSPS) is 21.0. The Balaban J connectivity index is 3.03. The van der Waals surface area contributed by atoms with Crippen LogP contribution in [0.15, 0.2) is 23.1 Å². The van der Waals surface area contributed by atoms with E-state index in [-0.39, 0.29) is 5.04 Å². The monoisotopic (exact) mass is 340 g/mol. The molecule has 0 aromatic carbocycles. The smallest absolute Gasteiger partial charge is 0.250 e. The predicted molar refractivity (Wildman–Crippen MR) is 102 cm³/mol. The summed E-state index contributed by atoms with van der Waals surface area (Å²) < 4.78 is 12.0. The van der Waals surface area contributed by atoms with E-state index in [1.807, 2.05) is 0 Å². The summed E-state index contributed by atoms with van der Waals surface area (Å²) in [6.07, 6.45) is 7.00. The maximum Gasteiger partial charge on any atom is 0.250 e. The molecule has 1 aliphatic carbocycles. The number of hydrogen-bond acceptors (Lipinski definition) is 2. The van der Waals surface area contributed by atoms with E-state index >= 15 is 0 Å². The predicted octanol–water partition coefficient (Wildman–Crippen LogP) is 5.75. The summed E-state index contributed by atoms with van der Waals surface area (Å²) in [5, 5.41) is 1.84. The molecule has 0 N–H and O–H groups in total. The highest BCUT2D eigenvalue weighted by atomic mass is 28.4. The highest BCUT2D eigenvalue weighted by molar-refractivity contribution is 6.83. The summed E-state index contributed by atoms with van der Waals surface area (Å²) in [5.41, 5.74) is 0. The highest BCUT2D eigenvalue weighted by Crippen LogP contribution is 2.43. The molecule has 0 radical (unpaired) electrons. The first-order valence-electron chi connectivity index (χ1n) is 8.48. The van der Waals surface area contributed by atoms with Crippen LogP contribution in [0.2, 0.25) is 37.8 Å². The van der Waals surface area contributed by atoms with Gasteiger partial charge in [0.1, 0.15) is 0 Å².